The van der Waals surface area contributed by atoms with Crippen molar-refractivity contribution in [3.8, 4) is 0 Å². The van der Waals surface area contributed by atoms with Gasteiger partial charge in [0.1, 0.15) is 6.10 Å². The minimum absolute atomic E-state index is 0.0930. The highest BCUT2D eigenvalue weighted by Crippen LogP contribution is 2.31. The van der Waals surface area contributed by atoms with Gasteiger partial charge in [-0.25, -0.2) is 9.50 Å². The van der Waals surface area contributed by atoms with Crippen LogP contribution in [-0.4, -0.2) is 21.2 Å². The van der Waals surface area contributed by atoms with Crippen molar-refractivity contribution in [2.75, 3.05) is 6.61 Å². The standard InChI is InChI=1S/C11H12ClN3O/c12-7-8-10(9-3-1-6-16-9)14-15-5-2-4-13-11(8)15/h2,4-5,9H,1,3,6-7H2. The van der Waals surface area contributed by atoms with Gasteiger partial charge in [-0.05, 0) is 18.9 Å². The van der Waals surface area contributed by atoms with E-state index in [0.29, 0.717) is 5.88 Å². The van der Waals surface area contributed by atoms with Crippen molar-refractivity contribution in [1.29, 1.82) is 0 Å². The molecule has 1 aliphatic rings. The first-order valence-corrected chi connectivity index (χ1v) is 5.93. The van der Waals surface area contributed by atoms with Gasteiger partial charge >= 0.3 is 0 Å². The number of hydrogen-bond donors (Lipinski definition) is 0. The maximum atomic E-state index is 5.98. The van der Waals surface area contributed by atoms with Crippen LogP contribution in [0.3, 0.4) is 0 Å². The third kappa shape index (κ3) is 1.49. The molecule has 1 atom stereocenters. The Bertz CT molecular complexity index is 505. The van der Waals surface area contributed by atoms with E-state index in [4.69, 9.17) is 16.3 Å². The molecule has 1 saturated heterocycles. The summed E-state index contributed by atoms with van der Waals surface area (Å²) in [6, 6.07) is 1.86. The van der Waals surface area contributed by atoms with Crippen molar-refractivity contribution in [2.45, 2.75) is 24.8 Å². The van der Waals surface area contributed by atoms with E-state index < -0.39 is 0 Å². The predicted molar refractivity (Wildman–Crippen MR) is 60.5 cm³/mol. The van der Waals surface area contributed by atoms with Crippen LogP contribution >= 0.6 is 11.6 Å². The van der Waals surface area contributed by atoms with Crippen molar-refractivity contribution in [3.63, 3.8) is 0 Å². The van der Waals surface area contributed by atoms with Gasteiger partial charge in [0.15, 0.2) is 5.65 Å². The number of hydrogen-bond acceptors (Lipinski definition) is 3. The molecule has 3 rings (SSSR count). The van der Waals surface area contributed by atoms with Crippen LogP contribution in [0.15, 0.2) is 18.5 Å². The topological polar surface area (TPSA) is 39.4 Å². The quantitative estimate of drug-likeness (QED) is 0.753. The van der Waals surface area contributed by atoms with Crippen molar-refractivity contribution < 1.29 is 4.74 Å². The Hall–Kier alpha value is -1.13. The molecule has 2 aromatic rings. The largest absolute Gasteiger partial charge is 0.372 e. The second kappa shape index (κ2) is 4.03. The Morgan fingerprint density at radius 1 is 1.56 bits per heavy atom. The summed E-state index contributed by atoms with van der Waals surface area (Å²) >= 11 is 5.98. The van der Waals surface area contributed by atoms with E-state index in [2.05, 4.69) is 10.1 Å². The molecule has 1 fully saturated rings. The number of fused-ring (bicyclic) bond motifs is 1. The smallest absolute Gasteiger partial charge is 0.159 e. The van der Waals surface area contributed by atoms with Crippen LogP contribution in [0.4, 0.5) is 0 Å². The molecule has 0 radical (unpaired) electrons. The third-order valence-corrected chi connectivity index (χ3v) is 3.16. The lowest BCUT2D eigenvalue weighted by Gasteiger charge is -2.06. The van der Waals surface area contributed by atoms with Gasteiger partial charge in [-0.2, -0.15) is 5.10 Å². The lowest BCUT2D eigenvalue weighted by molar-refractivity contribution is 0.108. The second-order valence-corrected chi connectivity index (χ2v) is 4.15. The molecular formula is C11H12ClN3O. The molecule has 0 aliphatic carbocycles. The summed E-state index contributed by atoms with van der Waals surface area (Å²) in [5.41, 5.74) is 2.78. The first-order valence-electron chi connectivity index (χ1n) is 5.40. The zero-order chi connectivity index (χ0) is 11.0. The lowest BCUT2D eigenvalue weighted by atomic mass is 10.1. The molecular weight excluding hydrogens is 226 g/mol. The Kier molecular flexibility index (Phi) is 2.53. The maximum Gasteiger partial charge on any atom is 0.159 e. The second-order valence-electron chi connectivity index (χ2n) is 3.89. The number of alkyl halides is 1. The van der Waals surface area contributed by atoms with E-state index in [0.717, 1.165) is 36.4 Å². The number of aromatic nitrogens is 3. The van der Waals surface area contributed by atoms with Crippen LogP contribution < -0.4 is 0 Å². The average Bonchev–Trinajstić information content (AvgIpc) is 2.95. The Morgan fingerprint density at radius 2 is 2.50 bits per heavy atom. The van der Waals surface area contributed by atoms with Gasteiger partial charge in [0, 0.05) is 24.6 Å². The van der Waals surface area contributed by atoms with E-state index >= 15 is 0 Å². The van der Waals surface area contributed by atoms with Gasteiger partial charge in [-0.15, -0.1) is 11.6 Å². The minimum Gasteiger partial charge on any atom is -0.372 e. The summed E-state index contributed by atoms with van der Waals surface area (Å²) in [6.07, 6.45) is 5.85. The van der Waals surface area contributed by atoms with Gasteiger partial charge in [-0.3, -0.25) is 0 Å². The van der Waals surface area contributed by atoms with Crippen molar-refractivity contribution in [1.82, 2.24) is 14.6 Å². The molecule has 16 heavy (non-hydrogen) atoms. The van der Waals surface area contributed by atoms with E-state index in [1.165, 1.54) is 0 Å². The first-order chi connectivity index (χ1) is 7.90. The van der Waals surface area contributed by atoms with Gasteiger partial charge in [0.25, 0.3) is 0 Å². The molecule has 0 amide bonds. The molecule has 1 unspecified atom stereocenters. The fraction of sp³-hybridized carbons (Fsp3) is 0.455. The third-order valence-electron chi connectivity index (χ3n) is 2.89. The van der Waals surface area contributed by atoms with Gasteiger partial charge in [0.05, 0.1) is 11.6 Å². The summed E-state index contributed by atoms with van der Waals surface area (Å²) in [5, 5.41) is 4.51. The lowest BCUT2D eigenvalue weighted by Crippen LogP contribution is -1.99. The van der Waals surface area contributed by atoms with Gasteiger partial charge in [-0.1, -0.05) is 0 Å². The highest BCUT2D eigenvalue weighted by atomic mass is 35.5. The number of rotatable bonds is 2. The van der Waals surface area contributed by atoms with Crippen LogP contribution in [0.5, 0.6) is 0 Å². The fourth-order valence-corrected chi connectivity index (χ4v) is 2.39. The van der Waals surface area contributed by atoms with E-state index in [1.54, 1.807) is 10.7 Å². The molecule has 0 aromatic carbocycles. The number of ether oxygens (including phenoxy) is 1. The van der Waals surface area contributed by atoms with Crippen LogP contribution in [0.2, 0.25) is 0 Å². The zero-order valence-corrected chi connectivity index (χ0v) is 9.52. The molecule has 0 N–H and O–H groups in total. The molecule has 84 valence electrons. The summed E-state index contributed by atoms with van der Waals surface area (Å²) in [5.74, 6) is 0.426. The average molecular weight is 238 g/mol. The molecule has 0 bridgehead atoms. The molecule has 1 aliphatic heterocycles. The van der Waals surface area contributed by atoms with Crippen molar-refractivity contribution in [2.24, 2.45) is 0 Å². The summed E-state index contributed by atoms with van der Waals surface area (Å²) in [4.78, 5) is 4.30. The normalized spacial score (nSPS) is 20.7. The van der Waals surface area contributed by atoms with Crippen LogP contribution in [0.1, 0.15) is 30.2 Å². The highest BCUT2D eigenvalue weighted by molar-refractivity contribution is 6.17. The molecule has 4 nitrogen and oxygen atoms in total. The predicted octanol–water partition coefficient (Wildman–Crippen LogP) is 2.32. The summed E-state index contributed by atoms with van der Waals surface area (Å²) in [6.45, 7) is 0.813. The van der Waals surface area contributed by atoms with Crippen LogP contribution in [0.25, 0.3) is 5.65 Å². The monoisotopic (exact) mass is 237 g/mol. The first kappa shape index (κ1) is 10.1. The van der Waals surface area contributed by atoms with E-state index in [1.807, 2.05) is 12.3 Å². The van der Waals surface area contributed by atoms with Crippen LogP contribution in [-0.2, 0) is 10.6 Å². The zero-order valence-electron chi connectivity index (χ0n) is 8.77. The molecule has 2 aromatic heterocycles. The van der Waals surface area contributed by atoms with E-state index in [-0.39, 0.29) is 6.10 Å². The number of nitrogens with zero attached hydrogens (tertiary/aromatic N) is 3. The van der Waals surface area contributed by atoms with Gasteiger partial charge in [0.2, 0.25) is 0 Å². The van der Waals surface area contributed by atoms with Gasteiger partial charge < -0.3 is 4.74 Å². The minimum atomic E-state index is 0.0930. The van der Waals surface area contributed by atoms with Crippen LogP contribution in [0, 0.1) is 0 Å². The highest BCUT2D eigenvalue weighted by Gasteiger charge is 2.25. The Morgan fingerprint density at radius 3 is 3.25 bits per heavy atom. The fourth-order valence-electron chi connectivity index (χ4n) is 2.13. The van der Waals surface area contributed by atoms with Crippen molar-refractivity contribution >= 4 is 17.2 Å². The molecule has 0 spiro atoms. The number of halogens is 1. The maximum absolute atomic E-state index is 5.98. The Balaban J connectivity index is 2.15. The molecule has 0 saturated carbocycles. The summed E-state index contributed by atoms with van der Waals surface area (Å²) < 4.78 is 7.42. The molecule has 3 heterocycles. The Labute approximate surface area is 98.2 Å². The SMILES string of the molecule is ClCc1c(C2CCCO2)nn2cccnc12. The van der Waals surface area contributed by atoms with Crippen molar-refractivity contribution in [3.05, 3.63) is 29.7 Å². The van der Waals surface area contributed by atoms with E-state index in [9.17, 15) is 0 Å². The molecule has 5 heteroatoms. The summed E-state index contributed by atoms with van der Waals surface area (Å²) in [7, 11) is 0.